The van der Waals surface area contributed by atoms with E-state index in [1.165, 1.54) is 0 Å². The van der Waals surface area contributed by atoms with E-state index in [9.17, 15) is 8.78 Å². The predicted octanol–water partition coefficient (Wildman–Crippen LogP) is 4.04. The molecule has 0 aromatic rings. The van der Waals surface area contributed by atoms with Gasteiger partial charge in [-0.1, -0.05) is 41.5 Å². The van der Waals surface area contributed by atoms with Gasteiger partial charge < -0.3 is 0 Å². The summed E-state index contributed by atoms with van der Waals surface area (Å²) >= 11 is 0. The second-order valence-corrected chi connectivity index (χ2v) is 3.32. The van der Waals surface area contributed by atoms with Crippen LogP contribution in [0.5, 0.6) is 0 Å². The Hall–Kier alpha value is -0.180. The second-order valence-electron chi connectivity index (χ2n) is 3.32. The van der Waals surface area contributed by atoms with Crippen molar-refractivity contribution in [2.45, 2.75) is 53.9 Å². The first-order chi connectivity index (χ1) is 7.06. The van der Waals surface area contributed by atoms with Gasteiger partial charge in [0, 0.05) is 5.92 Å². The Morgan fingerprint density at radius 2 is 1.67 bits per heavy atom. The topological polar surface area (TPSA) is 3.24 Å². The number of hydrogen-bond acceptors (Lipinski definition) is 1. The van der Waals surface area contributed by atoms with Gasteiger partial charge in [0.2, 0.25) is 0 Å². The van der Waals surface area contributed by atoms with Crippen LogP contribution >= 0.6 is 0 Å². The van der Waals surface area contributed by atoms with Gasteiger partial charge in [-0.05, 0) is 19.5 Å². The molecule has 0 aromatic carbocycles. The maximum Gasteiger partial charge on any atom is 0.263 e. The van der Waals surface area contributed by atoms with Gasteiger partial charge in [0.1, 0.15) is 0 Å². The van der Waals surface area contributed by atoms with Crippen molar-refractivity contribution < 1.29 is 8.78 Å². The van der Waals surface area contributed by atoms with E-state index in [1.807, 2.05) is 34.6 Å². The van der Waals surface area contributed by atoms with Gasteiger partial charge in [-0.3, -0.25) is 4.90 Å². The fourth-order valence-electron chi connectivity index (χ4n) is 1.39. The van der Waals surface area contributed by atoms with Crippen LogP contribution in [0.1, 0.15) is 48.0 Å². The van der Waals surface area contributed by atoms with Crippen molar-refractivity contribution >= 4 is 0 Å². The number of hydrogen-bond donors (Lipinski definition) is 0. The van der Waals surface area contributed by atoms with Crippen LogP contribution < -0.4 is 0 Å². The number of piperidine rings is 1. The van der Waals surface area contributed by atoms with Crippen molar-refractivity contribution in [1.29, 1.82) is 0 Å². The molecule has 1 saturated heterocycles. The number of nitrogens with zero attached hydrogens (tertiary/aromatic N) is 1. The lowest BCUT2D eigenvalue weighted by molar-refractivity contribution is -0.103. The first-order valence-electron chi connectivity index (χ1n) is 6.16. The molecule has 0 aliphatic carbocycles. The molecule has 0 aromatic heterocycles. The predicted molar refractivity (Wildman–Crippen MR) is 63.5 cm³/mol. The Labute approximate surface area is 93.9 Å². The summed E-state index contributed by atoms with van der Waals surface area (Å²) < 4.78 is 26.0. The van der Waals surface area contributed by atoms with E-state index in [0.29, 0.717) is 6.42 Å². The lowest BCUT2D eigenvalue weighted by Crippen LogP contribution is -2.47. The summed E-state index contributed by atoms with van der Waals surface area (Å²) in [6, 6.07) is 0. The Morgan fingerprint density at radius 1 is 1.20 bits per heavy atom. The van der Waals surface area contributed by atoms with E-state index >= 15 is 0 Å². The monoisotopic (exact) mass is 223 g/mol. The summed E-state index contributed by atoms with van der Waals surface area (Å²) in [4.78, 5) is 1.81. The van der Waals surface area contributed by atoms with Gasteiger partial charge in [0.15, 0.2) is 0 Å². The summed E-state index contributed by atoms with van der Waals surface area (Å²) in [7, 11) is 0. The lowest BCUT2D eigenvalue weighted by Gasteiger charge is -2.36. The van der Waals surface area contributed by atoms with Crippen molar-refractivity contribution in [3.05, 3.63) is 0 Å². The summed E-state index contributed by atoms with van der Waals surface area (Å²) in [5, 5.41) is 0. The summed E-state index contributed by atoms with van der Waals surface area (Å²) in [5.41, 5.74) is 0. The molecule has 1 rings (SSSR count). The molecule has 0 radical (unpaired) electrons. The molecule has 1 heterocycles. The fraction of sp³-hybridized carbons (Fsp3) is 1.00. The summed E-state index contributed by atoms with van der Waals surface area (Å²) in [6.45, 7) is 13.1. The van der Waals surface area contributed by atoms with Crippen LogP contribution in [0.4, 0.5) is 8.78 Å². The number of alkyl halides is 2. The van der Waals surface area contributed by atoms with E-state index < -0.39 is 11.8 Å². The van der Waals surface area contributed by atoms with Crippen LogP contribution in [0.25, 0.3) is 0 Å². The molecule has 1 aliphatic rings. The molecule has 1 aliphatic heterocycles. The number of halogens is 2. The zero-order chi connectivity index (χ0) is 12.5. The Balaban J connectivity index is 0. The Bertz CT molecular complexity index is 138. The van der Waals surface area contributed by atoms with Crippen LogP contribution in [0.3, 0.4) is 0 Å². The van der Waals surface area contributed by atoms with Crippen molar-refractivity contribution in [3.63, 3.8) is 0 Å². The smallest absolute Gasteiger partial charge is 0.263 e. The zero-order valence-corrected chi connectivity index (χ0v) is 11.1. The number of rotatable bonds is 1. The van der Waals surface area contributed by atoms with E-state index in [1.54, 1.807) is 11.8 Å². The van der Waals surface area contributed by atoms with Gasteiger partial charge in [-0.2, -0.15) is 0 Å². The van der Waals surface area contributed by atoms with E-state index in [0.717, 1.165) is 13.1 Å². The van der Waals surface area contributed by atoms with Crippen molar-refractivity contribution in [2.75, 3.05) is 19.6 Å². The minimum atomic E-state index is -2.46. The molecule has 1 nitrogen and oxygen atoms in total. The summed E-state index contributed by atoms with van der Waals surface area (Å²) in [5.74, 6) is -2.90. The highest BCUT2D eigenvalue weighted by Crippen LogP contribution is 2.31. The molecule has 1 atom stereocenters. The van der Waals surface area contributed by atoms with Gasteiger partial charge in [0.05, 0.1) is 6.54 Å². The Morgan fingerprint density at radius 3 is 2.00 bits per heavy atom. The molecule has 3 heteroatoms. The first kappa shape index (κ1) is 17.2. The second kappa shape index (κ2) is 9.08. The molecule has 1 fully saturated rings. The SMILES string of the molecule is CC.CC.CCN1CCC(C)C(F)(F)C1. The van der Waals surface area contributed by atoms with Crippen LogP contribution in [0.15, 0.2) is 0 Å². The maximum absolute atomic E-state index is 13.0. The zero-order valence-electron chi connectivity index (χ0n) is 11.1. The molecule has 0 N–H and O–H groups in total. The standard InChI is InChI=1S/C8H15F2N.2C2H6/c1-3-11-5-4-7(2)8(9,10)6-11;2*1-2/h7H,3-6H2,1-2H3;2*1-2H3. The van der Waals surface area contributed by atoms with E-state index in [2.05, 4.69) is 0 Å². The van der Waals surface area contributed by atoms with Crippen molar-refractivity contribution in [1.82, 2.24) is 4.90 Å². The molecule has 0 spiro atoms. The van der Waals surface area contributed by atoms with Gasteiger partial charge in [-0.25, -0.2) is 8.78 Å². The summed E-state index contributed by atoms with van der Waals surface area (Å²) in [6.07, 6.45) is 0.626. The lowest BCUT2D eigenvalue weighted by atomic mass is 9.95. The maximum atomic E-state index is 13.0. The Kier molecular flexibility index (Phi) is 10.4. The van der Waals surface area contributed by atoms with Gasteiger partial charge in [-0.15, -0.1) is 0 Å². The molecule has 94 valence electrons. The number of likely N-dealkylation sites (tertiary alicyclic amines) is 1. The largest absolute Gasteiger partial charge is 0.298 e. The molecular formula is C12H27F2N. The van der Waals surface area contributed by atoms with Gasteiger partial charge in [0.25, 0.3) is 5.92 Å². The van der Waals surface area contributed by atoms with Crippen molar-refractivity contribution in [2.24, 2.45) is 5.92 Å². The average Bonchev–Trinajstić information content (AvgIpc) is 2.28. The highest BCUT2D eigenvalue weighted by Gasteiger charge is 2.40. The first-order valence-corrected chi connectivity index (χ1v) is 6.16. The molecule has 1 unspecified atom stereocenters. The third kappa shape index (κ3) is 6.08. The fourth-order valence-corrected chi connectivity index (χ4v) is 1.39. The highest BCUT2D eigenvalue weighted by atomic mass is 19.3. The van der Waals surface area contributed by atoms with Crippen LogP contribution in [-0.2, 0) is 0 Å². The van der Waals surface area contributed by atoms with Crippen LogP contribution in [0, 0.1) is 5.92 Å². The quantitative estimate of drug-likeness (QED) is 0.648. The minimum absolute atomic E-state index is 0.0509. The third-order valence-corrected chi connectivity index (χ3v) is 2.48. The minimum Gasteiger partial charge on any atom is -0.298 e. The van der Waals surface area contributed by atoms with E-state index in [4.69, 9.17) is 0 Å². The molecule has 0 saturated carbocycles. The van der Waals surface area contributed by atoms with Crippen LogP contribution in [0.2, 0.25) is 0 Å². The molecule has 15 heavy (non-hydrogen) atoms. The molecular weight excluding hydrogens is 196 g/mol. The average molecular weight is 223 g/mol. The normalized spacial score (nSPS) is 24.4. The van der Waals surface area contributed by atoms with Crippen molar-refractivity contribution in [3.8, 4) is 0 Å². The molecule has 0 bridgehead atoms. The van der Waals surface area contributed by atoms with E-state index in [-0.39, 0.29) is 6.54 Å². The highest BCUT2D eigenvalue weighted by molar-refractivity contribution is 4.83. The molecule has 0 amide bonds. The van der Waals surface area contributed by atoms with Gasteiger partial charge >= 0.3 is 0 Å². The van der Waals surface area contributed by atoms with Crippen LogP contribution in [-0.4, -0.2) is 30.5 Å². The third-order valence-electron chi connectivity index (χ3n) is 2.48.